The quantitative estimate of drug-likeness (QED) is 0.736. The SMILES string of the molecule is CCC[C@H](O)CN1CCN(c2nc(C)nc(CC)c2Cc2cccc(F)c2)CC1. The molecule has 158 valence electrons. The highest BCUT2D eigenvalue weighted by atomic mass is 19.1. The number of piperazine rings is 1. The molecule has 29 heavy (non-hydrogen) atoms. The molecule has 1 atom stereocenters. The van der Waals surface area contributed by atoms with Gasteiger partial charge in [-0.1, -0.05) is 32.4 Å². The molecule has 2 aromatic rings. The number of rotatable bonds is 8. The monoisotopic (exact) mass is 400 g/mol. The molecule has 1 aliphatic rings. The lowest BCUT2D eigenvalue weighted by molar-refractivity contribution is 0.101. The van der Waals surface area contributed by atoms with Crippen LogP contribution in [-0.2, 0) is 12.8 Å². The van der Waals surface area contributed by atoms with Crippen LogP contribution in [0.25, 0.3) is 0 Å². The van der Waals surface area contributed by atoms with Crippen molar-refractivity contribution in [3.05, 3.63) is 52.7 Å². The fourth-order valence-electron chi connectivity index (χ4n) is 4.09. The van der Waals surface area contributed by atoms with E-state index in [9.17, 15) is 9.50 Å². The fraction of sp³-hybridized carbons (Fsp3) is 0.565. The Bertz CT molecular complexity index is 805. The number of halogens is 1. The first-order valence-corrected chi connectivity index (χ1v) is 10.8. The minimum absolute atomic E-state index is 0.214. The molecule has 1 fully saturated rings. The van der Waals surface area contributed by atoms with E-state index in [2.05, 4.69) is 28.6 Å². The van der Waals surface area contributed by atoms with Gasteiger partial charge in [-0.3, -0.25) is 4.90 Å². The molecule has 1 N–H and O–H groups in total. The van der Waals surface area contributed by atoms with E-state index < -0.39 is 0 Å². The van der Waals surface area contributed by atoms with Gasteiger partial charge in [-0.15, -0.1) is 0 Å². The predicted molar refractivity (Wildman–Crippen MR) is 115 cm³/mol. The summed E-state index contributed by atoms with van der Waals surface area (Å²) < 4.78 is 13.7. The average Bonchev–Trinajstić information content (AvgIpc) is 2.70. The second-order valence-electron chi connectivity index (χ2n) is 7.91. The van der Waals surface area contributed by atoms with E-state index in [1.807, 2.05) is 13.0 Å². The van der Waals surface area contributed by atoms with Gasteiger partial charge in [-0.05, 0) is 37.5 Å². The van der Waals surface area contributed by atoms with Gasteiger partial charge in [0.1, 0.15) is 17.5 Å². The van der Waals surface area contributed by atoms with Gasteiger partial charge in [0, 0.05) is 50.4 Å². The highest BCUT2D eigenvalue weighted by Gasteiger charge is 2.24. The highest BCUT2D eigenvalue weighted by molar-refractivity contribution is 5.52. The van der Waals surface area contributed by atoms with Crippen molar-refractivity contribution in [2.75, 3.05) is 37.6 Å². The maximum atomic E-state index is 13.7. The van der Waals surface area contributed by atoms with Crippen LogP contribution in [0, 0.1) is 12.7 Å². The normalized spacial score (nSPS) is 16.2. The van der Waals surface area contributed by atoms with E-state index >= 15 is 0 Å². The van der Waals surface area contributed by atoms with Crippen LogP contribution in [0.15, 0.2) is 24.3 Å². The first kappa shape index (κ1) is 21.7. The maximum Gasteiger partial charge on any atom is 0.136 e. The van der Waals surface area contributed by atoms with Crippen molar-refractivity contribution >= 4 is 5.82 Å². The van der Waals surface area contributed by atoms with Crippen molar-refractivity contribution in [2.24, 2.45) is 0 Å². The summed E-state index contributed by atoms with van der Waals surface area (Å²) in [6.07, 6.45) is 3.06. The molecule has 0 spiro atoms. The molecule has 5 nitrogen and oxygen atoms in total. The lowest BCUT2D eigenvalue weighted by atomic mass is 10.0. The topological polar surface area (TPSA) is 52.5 Å². The summed E-state index contributed by atoms with van der Waals surface area (Å²) in [4.78, 5) is 14.1. The molecular weight excluding hydrogens is 367 g/mol. The summed E-state index contributed by atoms with van der Waals surface area (Å²) in [6, 6.07) is 6.78. The standard InChI is InChI=1S/C23H33FN4O/c1-4-7-20(29)16-27-10-12-28(13-11-27)23-21(22(5-2)25-17(3)26-23)15-18-8-6-9-19(24)14-18/h6,8-9,14,20,29H,4-5,7,10-13,15-16H2,1-3H3/t20-/m0/s1. The first-order valence-electron chi connectivity index (χ1n) is 10.8. The summed E-state index contributed by atoms with van der Waals surface area (Å²) in [5.41, 5.74) is 3.08. The number of hydrogen-bond acceptors (Lipinski definition) is 5. The van der Waals surface area contributed by atoms with Crippen LogP contribution in [0.2, 0.25) is 0 Å². The zero-order chi connectivity index (χ0) is 20.8. The van der Waals surface area contributed by atoms with E-state index in [0.717, 1.165) is 80.4 Å². The van der Waals surface area contributed by atoms with Gasteiger partial charge in [0.25, 0.3) is 0 Å². The largest absolute Gasteiger partial charge is 0.392 e. The van der Waals surface area contributed by atoms with Gasteiger partial charge in [0.2, 0.25) is 0 Å². The van der Waals surface area contributed by atoms with Crippen LogP contribution in [0.4, 0.5) is 10.2 Å². The molecule has 0 amide bonds. The molecule has 0 saturated carbocycles. The number of nitrogens with zero attached hydrogens (tertiary/aromatic N) is 4. The lowest BCUT2D eigenvalue weighted by Crippen LogP contribution is -2.49. The van der Waals surface area contributed by atoms with Crippen LogP contribution in [0.3, 0.4) is 0 Å². The van der Waals surface area contributed by atoms with Crippen molar-refractivity contribution in [1.29, 1.82) is 0 Å². The lowest BCUT2D eigenvalue weighted by Gasteiger charge is -2.37. The molecule has 1 aromatic heterocycles. The number of aliphatic hydroxyl groups is 1. The summed E-state index contributed by atoms with van der Waals surface area (Å²) in [5, 5.41) is 10.1. The molecule has 6 heteroatoms. The molecule has 0 radical (unpaired) electrons. The van der Waals surface area contributed by atoms with Crippen molar-refractivity contribution in [1.82, 2.24) is 14.9 Å². The molecule has 1 aliphatic heterocycles. The number of benzene rings is 1. The van der Waals surface area contributed by atoms with E-state index in [0.29, 0.717) is 6.42 Å². The number of anilines is 1. The van der Waals surface area contributed by atoms with Gasteiger partial charge in [-0.2, -0.15) is 0 Å². The zero-order valence-electron chi connectivity index (χ0n) is 17.9. The van der Waals surface area contributed by atoms with Crippen LogP contribution in [-0.4, -0.2) is 58.8 Å². The second kappa shape index (κ2) is 10.1. The number of aromatic nitrogens is 2. The van der Waals surface area contributed by atoms with Crippen molar-refractivity contribution in [3.63, 3.8) is 0 Å². The van der Waals surface area contributed by atoms with E-state index in [4.69, 9.17) is 4.98 Å². The summed E-state index contributed by atoms with van der Waals surface area (Å²) in [7, 11) is 0. The van der Waals surface area contributed by atoms with Crippen molar-refractivity contribution in [2.45, 2.75) is 52.6 Å². The summed E-state index contributed by atoms with van der Waals surface area (Å²) in [6.45, 7) is 10.4. The zero-order valence-corrected chi connectivity index (χ0v) is 17.9. The Morgan fingerprint density at radius 3 is 2.55 bits per heavy atom. The van der Waals surface area contributed by atoms with Gasteiger partial charge in [0.05, 0.1) is 6.10 Å². The molecule has 2 heterocycles. The molecule has 0 bridgehead atoms. The van der Waals surface area contributed by atoms with Gasteiger partial charge >= 0.3 is 0 Å². The highest BCUT2D eigenvalue weighted by Crippen LogP contribution is 2.26. The van der Waals surface area contributed by atoms with Gasteiger partial charge in [0.15, 0.2) is 0 Å². The Morgan fingerprint density at radius 2 is 1.90 bits per heavy atom. The molecule has 0 aliphatic carbocycles. The van der Waals surface area contributed by atoms with E-state index in [1.165, 1.54) is 6.07 Å². The number of aliphatic hydroxyl groups excluding tert-OH is 1. The van der Waals surface area contributed by atoms with Gasteiger partial charge in [-0.25, -0.2) is 14.4 Å². The molecule has 0 unspecified atom stereocenters. The number of aryl methyl sites for hydroxylation is 2. The van der Waals surface area contributed by atoms with Crippen molar-refractivity contribution in [3.8, 4) is 0 Å². The Kier molecular flexibility index (Phi) is 7.56. The van der Waals surface area contributed by atoms with Crippen LogP contribution in [0.5, 0.6) is 0 Å². The Balaban J connectivity index is 1.79. The smallest absolute Gasteiger partial charge is 0.136 e. The molecule has 1 saturated heterocycles. The number of β-amino-alcohol motifs (C(OH)–C–C–N with tert-alkyl or cyclic N) is 1. The molecule has 3 rings (SSSR count). The first-order chi connectivity index (χ1) is 14.0. The third-order valence-corrected chi connectivity index (χ3v) is 5.55. The average molecular weight is 401 g/mol. The van der Waals surface area contributed by atoms with Crippen LogP contribution >= 0.6 is 0 Å². The molecular formula is C23H33FN4O. The van der Waals surface area contributed by atoms with E-state index in [1.54, 1.807) is 12.1 Å². The maximum absolute atomic E-state index is 13.7. The Labute approximate surface area is 173 Å². The molecule has 1 aromatic carbocycles. The van der Waals surface area contributed by atoms with Crippen LogP contribution in [0.1, 0.15) is 49.3 Å². The predicted octanol–water partition coefficient (Wildman–Crippen LogP) is 3.36. The summed E-state index contributed by atoms with van der Waals surface area (Å²) in [5.74, 6) is 1.54. The van der Waals surface area contributed by atoms with Crippen molar-refractivity contribution < 1.29 is 9.50 Å². The van der Waals surface area contributed by atoms with Gasteiger partial charge < -0.3 is 10.0 Å². The third kappa shape index (κ3) is 5.73. The van der Waals surface area contributed by atoms with E-state index in [-0.39, 0.29) is 11.9 Å². The minimum Gasteiger partial charge on any atom is -0.392 e. The number of hydrogen-bond donors (Lipinski definition) is 1. The summed E-state index contributed by atoms with van der Waals surface area (Å²) >= 11 is 0. The van der Waals surface area contributed by atoms with Crippen LogP contribution < -0.4 is 4.90 Å². The Morgan fingerprint density at radius 1 is 1.14 bits per heavy atom. The second-order valence-corrected chi connectivity index (χ2v) is 7.91. The third-order valence-electron chi connectivity index (χ3n) is 5.55. The minimum atomic E-state index is -0.247. The Hall–Kier alpha value is -2.05. The fourth-order valence-corrected chi connectivity index (χ4v) is 4.09.